The number of hydrogen-bond acceptors (Lipinski definition) is 2. The van der Waals surface area contributed by atoms with Crippen LogP contribution < -0.4 is 5.48 Å². The SMILES string of the molecule is Cc1ccc(C)c(CNOC(C)(C)C)c1. The normalized spacial score (nSPS) is 11.8. The highest BCUT2D eigenvalue weighted by Crippen LogP contribution is 2.11. The van der Waals surface area contributed by atoms with Gasteiger partial charge in [0, 0.05) is 6.54 Å². The largest absolute Gasteiger partial charge is 0.296 e. The van der Waals surface area contributed by atoms with Crippen molar-refractivity contribution in [3.05, 3.63) is 34.9 Å². The molecule has 0 unspecified atom stereocenters. The average molecular weight is 207 g/mol. The fraction of sp³-hybridized carbons (Fsp3) is 0.538. The molecule has 0 radical (unpaired) electrons. The third kappa shape index (κ3) is 4.45. The monoisotopic (exact) mass is 207 g/mol. The second-order valence-electron chi connectivity index (χ2n) is 4.97. The van der Waals surface area contributed by atoms with Crippen molar-refractivity contribution >= 4 is 0 Å². The molecular weight excluding hydrogens is 186 g/mol. The Morgan fingerprint density at radius 3 is 2.47 bits per heavy atom. The van der Waals surface area contributed by atoms with Crippen molar-refractivity contribution in [3.8, 4) is 0 Å². The van der Waals surface area contributed by atoms with Gasteiger partial charge in [-0.05, 0) is 45.7 Å². The lowest BCUT2D eigenvalue weighted by atomic mass is 10.1. The van der Waals surface area contributed by atoms with Gasteiger partial charge in [0.25, 0.3) is 0 Å². The van der Waals surface area contributed by atoms with Gasteiger partial charge in [0.1, 0.15) is 0 Å². The summed E-state index contributed by atoms with van der Waals surface area (Å²) in [6.45, 7) is 11.1. The standard InChI is InChI=1S/C13H21NO/c1-10-6-7-11(2)12(8-10)9-14-15-13(3,4)5/h6-8,14H,9H2,1-5H3. The molecule has 0 aromatic heterocycles. The highest BCUT2D eigenvalue weighted by atomic mass is 16.7. The van der Waals surface area contributed by atoms with Gasteiger partial charge in [-0.1, -0.05) is 23.8 Å². The average Bonchev–Trinajstić information content (AvgIpc) is 2.09. The van der Waals surface area contributed by atoms with Crippen LogP contribution in [-0.2, 0) is 11.4 Å². The van der Waals surface area contributed by atoms with Crippen LogP contribution in [0.3, 0.4) is 0 Å². The molecule has 0 heterocycles. The van der Waals surface area contributed by atoms with Crippen LogP contribution in [-0.4, -0.2) is 5.60 Å². The lowest BCUT2D eigenvalue weighted by Gasteiger charge is -2.20. The minimum absolute atomic E-state index is 0.141. The topological polar surface area (TPSA) is 21.3 Å². The summed E-state index contributed by atoms with van der Waals surface area (Å²) >= 11 is 0. The van der Waals surface area contributed by atoms with Crippen LogP contribution in [0.4, 0.5) is 0 Å². The Morgan fingerprint density at radius 2 is 1.87 bits per heavy atom. The fourth-order valence-corrected chi connectivity index (χ4v) is 1.32. The Balaban J connectivity index is 2.54. The van der Waals surface area contributed by atoms with Crippen molar-refractivity contribution in [2.45, 2.75) is 46.8 Å². The maximum Gasteiger partial charge on any atom is 0.0813 e. The van der Waals surface area contributed by atoms with Crippen LogP contribution in [0.2, 0.25) is 0 Å². The van der Waals surface area contributed by atoms with Gasteiger partial charge >= 0.3 is 0 Å². The first kappa shape index (κ1) is 12.2. The van der Waals surface area contributed by atoms with E-state index in [-0.39, 0.29) is 5.60 Å². The highest BCUT2D eigenvalue weighted by molar-refractivity contribution is 5.30. The summed E-state index contributed by atoms with van der Waals surface area (Å²) in [6, 6.07) is 6.46. The Kier molecular flexibility index (Phi) is 3.89. The molecular formula is C13H21NO. The number of hydroxylamine groups is 1. The van der Waals surface area contributed by atoms with Gasteiger partial charge in [-0.3, -0.25) is 4.84 Å². The van der Waals surface area contributed by atoms with Gasteiger partial charge in [-0.15, -0.1) is 0 Å². The van der Waals surface area contributed by atoms with Crippen molar-refractivity contribution < 1.29 is 4.84 Å². The molecule has 0 atom stereocenters. The van der Waals surface area contributed by atoms with Crippen molar-refractivity contribution in [1.82, 2.24) is 5.48 Å². The molecule has 84 valence electrons. The molecule has 1 aromatic rings. The van der Waals surface area contributed by atoms with E-state index in [0.29, 0.717) is 0 Å². The Hall–Kier alpha value is -0.860. The summed E-state index contributed by atoms with van der Waals surface area (Å²) in [6.07, 6.45) is 0. The van der Waals surface area contributed by atoms with Crippen LogP contribution in [0.1, 0.15) is 37.5 Å². The lowest BCUT2D eigenvalue weighted by Crippen LogP contribution is -2.28. The third-order valence-electron chi connectivity index (χ3n) is 2.15. The first-order valence-electron chi connectivity index (χ1n) is 5.35. The van der Waals surface area contributed by atoms with E-state index >= 15 is 0 Å². The van der Waals surface area contributed by atoms with Gasteiger partial charge in [0.2, 0.25) is 0 Å². The molecule has 0 saturated heterocycles. The summed E-state index contributed by atoms with van der Waals surface area (Å²) in [5.41, 5.74) is 6.74. The van der Waals surface area contributed by atoms with E-state index in [9.17, 15) is 0 Å². The minimum atomic E-state index is -0.141. The van der Waals surface area contributed by atoms with E-state index in [1.54, 1.807) is 0 Å². The van der Waals surface area contributed by atoms with Crippen molar-refractivity contribution in [2.75, 3.05) is 0 Å². The van der Waals surface area contributed by atoms with E-state index in [4.69, 9.17) is 4.84 Å². The Morgan fingerprint density at radius 1 is 1.20 bits per heavy atom. The van der Waals surface area contributed by atoms with Crippen molar-refractivity contribution in [3.63, 3.8) is 0 Å². The summed E-state index contributed by atoms with van der Waals surface area (Å²) in [5.74, 6) is 0. The second-order valence-corrected chi connectivity index (χ2v) is 4.97. The molecule has 1 rings (SSSR count). The molecule has 0 aliphatic carbocycles. The highest BCUT2D eigenvalue weighted by Gasteiger charge is 2.10. The van der Waals surface area contributed by atoms with E-state index < -0.39 is 0 Å². The molecule has 0 fully saturated rings. The zero-order valence-electron chi connectivity index (χ0n) is 10.3. The van der Waals surface area contributed by atoms with Gasteiger partial charge < -0.3 is 0 Å². The number of nitrogens with one attached hydrogen (secondary N) is 1. The molecule has 0 aliphatic rings. The van der Waals surface area contributed by atoms with Crippen molar-refractivity contribution in [2.24, 2.45) is 0 Å². The zero-order valence-corrected chi connectivity index (χ0v) is 10.3. The number of rotatable bonds is 3. The smallest absolute Gasteiger partial charge is 0.0813 e. The van der Waals surface area contributed by atoms with Crippen LogP contribution in [0.25, 0.3) is 0 Å². The lowest BCUT2D eigenvalue weighted by molar-refractivity contribution is -0.0758. The summed E-state index contributed by atoms with van der Waals surface area (Å²) in [5, 5.41) is 0. The third-order valence-corrected chi connectivity index (χ3v) is 2.15. The quantitative estimate of drug-likeness (QED) is 0.769. The van der Waals surface area contributed by atoms with Crippen LogP contribution in [0.15, 0.2) is 18.2 Å². The van der Waals surface area contributed by atoms with Crippen LogP contribution in [0.5, 0.6) is 0 Å². The van der Waals surface area contributed by atoms with Crippen molar-refractivity contribution in [1.29, 1.82) is 0 Å². The molecule has 1 N–H and O–H groups in total. The Labute approximate surface area is 92.6 Å². The summed E-state index contributed by atoms with van der Waals surface area (Å²) in [4.78, 5) is 5.48. The number of aryl methyl sites for hydroxylation is 2. The zero-order chi connectivity index (χ0) is 11.5. The van der Waals surface area contributed by atoms with Gasteiger partial charge in [-0.25, -0.2) is 0 Å². The minimum Gasteiger partial charge on any atom is -0.296 e. The molecule has 2 heteroatoms. The molecule has 0 bridgehead atoms. The first-order valence-corrected chi connectivity index (χ1v) is 5.35. The predicted molar refractivity (Wildman–Crippen MR) is 63.6 cm³/mol. The number of benzene rings is 1. The van der Waals surface area contributed by atoms with E-state index in [1.165, 1.54) is 16.7 Å². The number of hydrogen-bond donors (Lipinski definition) is 1. The summed E-state index contributed by atoms with van der Waals surface area (Å²) in [7, 11) is 0. The molecule has 1 aromatic carbocycles. The molecule has 0 amide bonds. The molecule has 0 aliphatic heterocycles. The molecule has 0 spiro atoms. The van der Waals surface area contributed by atoms with Crippen LogP contribution in [0, 0.1) is 13.8 Å². The van der Waals surface area contributed by atoms with Gasteiger partial charge in [0.05, 0.1) is 5.60 Å². The first-order chi connectivity index (χ1) is 6.88. The van der Waals surface area contributed by atoms with E-state index in [2.05, 4.69) is 37.5 Å². The van der Waals surface area contributed by atoms with E-state index in [1.807, 2.05) is 20.8 Å². The van der Waals surface area contributed by atoms with Gasteiger partial charge in [-0.2, -0.15) is 5.48 Å². The van der Waals surface area contributed by atoms with E-state index in [0.717, 1.165) is 6.54 Å². The van der Waals surface area contributed by atoms with Gasteiger partial charge in [0.15, 0.2) is 0 Å². The summed E-state index contributed by atoms with van der Waals surface area (Å²) < 4.78 is 0. The molecule has 2 nitrogen and oxygen atoms in total. The van der Waals surface area contributed by atoms with Crippen LogP contribution >= 0.6 is 0 Å². The Bertz CT molecular complexity index is 326. The fourth-order valence-electron chi connectivity index (χ4n) is 1.32. The molecule has 15 heavy (non-hydrogen) atoms. The predicted octanol–water partition coefficient (Wildman–Crippen LogP) is 3.12. The maximum atomic E-state index is 5.48. The second kappa shape index (κ2) is 4.77. The molecule has 0 saturated carbocycles. The maximum absolute atomic E-state index is 5.48.